The Hall–Kier alpha value is -0.790. The van der Waals surface area contributed by atoms with E-state index < -0.39 is 15.2 Å². The minimum absolute atomic E-state index is 0.0638. The van der Waals surface area contributed by atoms with Gasteiger partial charge in [0.2, 0.25) is 0 Å². The highest BCUT2D eigenvalue weighted by atomic mass is 32.2. The maximum atomic E-state index is 12.3. The Labute approximate surface area is 131 Å². The molecule has 7 heteroatoms. The summed E-state index contributed by atoms with van der Waals surface area (Å²) in [6.07, 6.45) is 2.58. The molecule has 2 atom stereocenters. The Kier molecular flexibility index (Phi) is 5.51. The normalized spacial score (nSPS) is 21.3. The third-order valence-electron chi connectivity index (χ3n) is 3.82. The molecule has 2 heterocycles. The first-order valence-electron chi connectivity index (χ1n) is 7.27. The molecule has 21 heavy (non-hydrogen) atoms. The Bertz CT molecular complexity index is 560. The van der Waals surface area contributed by atoms with E-state index in [1.807, 2.05) is 24.0 Å². The first-order chi connectivity index (χ1) is 9.99. The van der Waals surface area contributed by atoms with Crippen molar-refractivity contribution in [3.05, 3.63) is 24.0 Å². The van der Waals surface area contributed by atoms with Gasteiger partial charge in [-0.1, -0.05) is 13.8 Å². The lowest BCUT2D eigenvalue weighted by Crippen LogP contribution is -2.48. The van der Waals surface area contributed by atoms with Crippen molar-refractivity contribution < 1.29 is 8.42 Å². The van der Waals surface area contributed by atoms with Gasteiger partial charge in [-0.05, 0) is 18.6 Å². The summed E-state index contributed by atoms with van der Waals surface area (Å²) in [6, 6.07) is 3.78. The Morgan fingerprint density at radius 2 is 2.24 bits per heavy atom. The molecule has 0 spiro atoms. The largest absolute Gasteiger partial charge is 0.352 e. The topological polar surface area (TPSA) is 76.3 Å². The monoisotopic (exact) mass is 329 g/mol. The summed E-state index contributed by atoms with van der Waals surface area (Å²) in [5, 5.41) is -0.450. The fourth-order valence-corrected chi connectivity index (χ4v) is 5.35. The Morgan fingerprint density at radius 1 is 1.48 bits per heavy atom. The van der Waals surface area contributed by atoms with Crippen molar-refractivity contribution in [3.8, 4) is 0 Å². The molecule has 118 valence electrons. The number of hydrogen-bond acceptors (Lipinski definition) is 6. The van der Waals surface area contributed by atoms with Gasteiger partial charge in [0.25, 0.3) is 0 Å². The molecule has 1 fully saturated rings. The lowest BCUT2D eigenvalue weighted by Gasteiger charge is -2.36. The summed E-state index contributed by atoms with van der Waals surface area (Å²) in [7, 11) is -3.10. The zero-order valence-corrected chi connectivity index (χ0v) is 14.2. The standard InChI is InChI=1S/C14H23N3O2S2/c1-3-12(15)13-6-5-11(9-16-13)17-7-8-20-10-14(17)21(18,19)4-2/h5-6,9,12,14H,3-4,7-8,10,15H2,1-2H3. The molecule has 1 aliphatic heterocycles. The smallest absolute Gasteiger partial charge is 0.171 e. The molecule has 5 nitrogen and oxygen atoms in total. The molecule has 0 aromatic carbocycles. The van der Waals surface area contributed by atoms with E-state index in [2.05, 4.69) is 4.98 Å². The van der Waals surface area contributed by atoms with Crippen LogP contribution in [0.2, 0.25) is 0 Å². The summed E-state index contributed by atoms with van der Waals surface area (Å²) in [4.78, 5) is 6.36. The van der Waals surface area contributed by atoms with Crippen LogP contribution in [0, 0.1) is 0 Å². The van der Waals surface area contributed by atoms with Gasteiger partial charge in [0.05, 0.1) is 17.6 Å². The van der Waals surface area contributed by atoms with E-state index in [9.17, 15) is 8.42 Å². The zero-order chi connectivity index (χ0) is 15.5. The van der Waals surface area contributed by atoms with Crippen molar-refractivity contribution in [2.75, 3.05) is 28.7 Å². The SMILES string of the molecule is CCC(N)c1ccc(N2CCSCC2S(=O)(=O)CC)cn1. The van der Waals surface area contributed by atoms with Gasteiger partial charge in [-0.3, -0.25) is 4.98 Å². The van der Waals surface area contributed by atoms with Crippen LogP contribution in [-0.2, 0) is 9.84 Å². The van der Waals surface area contributed by atoms with Crippen LogP contribution in [0.5, 0.6) is 0 Å². The molecule has 0 amide bonds. The van der Waals surface area contributed by atoms with Gasteiger partial charge in [-0.2, -0.15) is 11.8 Å². The minimum atomic E-state index is -3.10. The highest BCUT2D eigenvalue weighted by molar-refractivity contribution is 8.01. The van der Waals surface area contributed by atoms with E-state index in [0.29, 0.717) is 5.75 Å². The summed E-state index contributed by atoms with van der Waals surface area (Å²) in [5.41, 5.74) is 7.68. The van der Waals surface area contributed by atoms with E-state index in [1.165, 1.54) is 0 Å². The Morgan fingerprint density at radius 3 is 2.81 bits per heavy atom. The number of aromatic nitrogens is 1. The third-order valence-corrected chi connectivity index (χ3v) is 7.11. The van der Waals surface area contributed by atoms with Crippen LogP contribution in [0.25, 0.3) is 0 Å². The molecular formula is C14H23N3O2S2. The molecule has 2 N–H and O–H groups in total. The number of sulfone groups is 1. The van der Waals surface area contributed by atoms with E-state index in [4.69, 9.17) is 5.73 Å². The van der Waals surface area contributed by atoms with Crippen LogP contribution in [0.4, 0.5) is 5.69 Å². The molecule has 1 saturated heterocycles. The summed E-state index contributed by atoms with van der Waals surface area (Å²) < 4.78 is 24.5. The molecule has 1 aliphatic rings. The fraction of sp³-hybridized carbons (Fsp3) is 0.643. The van der Waals surface area contributed by atoms with Gasteiger partial charge >= 0.3 is 0 Å². The summed E-state index contributed by atoms with van der Waals surface area (Å²) >= 11 is 1.69. The highest BCUT2D eigenvalue weighted by Crippen LogP contribution is 2.27. The maximum Gasteiger partial charge on any atom is 0.171 e. The molecule has 2 rings (SSSR count). The van der Waals surface area contributed by atoms with Crippen LogP contribution >= 0.6 is 11.8 Å². The molecule has 0 aliphatic carbocycles. The second kappa shape index (κ2) is 6.98. The number of nitrogens with two attached hydrogens (primary N) is 1. The quantitative estimate of drug-likeness (QED) is 0.888. The van der Waals surface area contributed by atoms with Crippen LogP contribution in [0.1, 0.15) is 32.0 Å². The molecule has 0 radical (unpaired) electrons. The van der Waals surface area contributed by atoms with Crippen LogP contribution in [-0.4, -0.2) is 42.6 Å². The number of pyridine rings is 1. The number of nitrogens with zero attached hydrogens (tertiary/aromatic N) is 2. The van der Waals surface area contributed by atoms with Crippen molar-refractivity contribution in [1.82, 2.24) is 4.98 Å². The lowest BCUT2D eigenvalue weighted by molar-refractivity contribution is 0.579. The van der Waals surface area contributed by atoms with Gasteiger partial charge in [0, 0.05) is 29.8 Å². The van der Waals surface area contributed by atoms with Gasteiger partial charge in [0.15, 0.2) is 9.84 Å². The van der Waals surface area contributed by atoms with Crippen molar-refractivity contribution in [3.63, 3.8) is 0 Å². The fourth-order valence-electron chi connectivity index (χ4n) is 2.36. The number of thioether (sulfide) groups is 1. The van der Waals surface area contributed by atoms with Crippen molar-refractivity contribution in [1.29, 1.82) is 0 Å². The molecule has 0 bridgehead atoms. The molecule has 1 aromatic rings. The second-order valence-corrected chi connectivity index (χ2v) is 8.73. The van der Waals surface area contributed by atoms with E-state index in [0.717, 1.165) is 30.1 Å². The second-order valence-electron chi connectivity index (χ2n) is 5.13. The van der Waals surface area contributed by atoms with Crippen molar-refractivity contribution in [2.24, 2.45) is 5.73 Å². The predicted molar refractivity (Wildman–Crippen MR) is 89.4 cm³/mol. The molecular weight excluding hydrogens is 306 g/mol. The molecule has 1 aromatic heterocycles. The maximum absolute atomic E-state index is 12.3. The predicted octanol–water partition coefficient (Wildman–Crippen LogP) is 1.81. The van der Waals surface area contributed by atoms with Crippen molar-refractivity contribution >= 4 is 27.3 Å². The van der Waals surface area contributed by atoms with Gasteiger partial charge in [-0.25, -0.2) is 8.42 Å². The van der Waals surface area contributed by atoms with Crippen LogP contribution in [0.3, 0.4) is 0 Å². The zero-order valence-electron chi connectivity index (χ0n) is 12.5. The van der Waals surface area contributed by atoms with Gasteiger partial charge in [0.1, 0.15) is 5.37 Å². The van der Waals surface area contributed by atoms with Gasteiger partial charge < -0.3 is 10.6 Å². The third kappa shape index (κ3) is 3.70. The number of hydrogen-bond donors (Lipinski definition) is 1. The van der Waals surface area contributed by atoms with E-state index >= 15 is 0 Å². The molecule has 2 unspecified atom stereocenters. The van der Waals surface area contributed by atoms with E-state index in [-0.39, 0.29) is 11.8 Å². The van der Waals surface area contributed by atoms with Gasteiger partial charge in [-0.15, -0.1) is 0 Å². The number of anilines is 1. The van der Waals surface area contributed by atoms with Crippen LogP contribution in [0.15, 0.2) is 18.3 Å². The average molecular weight is 329 g/mol. The number of rotatable bonds is 5. The first kappa shape index (κ1) is 16.6. The highest BCUT2D eigenvalue weighted by Gasteiger charge is 2.33. The summed E-state index contributed by atoms with van der Waals surface area (Å²) in [5.74, 6) is 1.72. The lowest BCUT2D eigenvalue weighted by atomic mass is 10.1. The first-order valence-corrected chi connectivity index (χ1v) is 10.1. The van der Waals surface area contributed by atoms with E-state index in [1.54, 1.807) is 24.9 Å². The van der Waals surface area contributed by atoms with Crippen molar-refractivity contribution in [2.45, 2.75) is 31.7 Å². The van der Waals surface area contributed by atoms with Crippen LogP contribution < -0.4 is 10.6 Å². The molecule has 0 saturated carbocycles. The Balaban J connectivity index is 2.26. The minimum Gasteiger partial charge on any atom is -0.352 e. The average Bonchev–Trinajstić information content (AvgIpc) is 2.54. The summed E-state index contributed by atoms with van der Waals surface area (Å²) in [6.45, 7) is 4.45.